The SMILES string of the molecule is COc1ccc(F)cc1C(=O)NCc1ccc(-c2nn(C3C=NC=CC3(F)F)c(N)c2C(N)=O)cc1. The largest absolute Gasteiger partial charge is 0.496 e. The number of ether oxygens (including phenoxy) is 1. The molecule has 2 amide bonds. The van der Waals surface area contributed by atoms with Crippen LogP contribution in [-0.2, 0) is 6.54 Å². The number of nitrogens with zero attached hydrogens (tertiary/aromatic N) is 3. The number of amides is 2. The van der Waals surface area contributed by atoms with Gasteiger partial charge in [0.2, 0.25) is 0 Å². The molecule has 4 rings (SSSR count). The molecule has 36 heavy (non-hydrogen) atoms. The number of nitrogen functional groups attached to an aromatic ring is 1. The second kappa shape index (κ2) is 9.56. The first-order valence-corrected chi connectivity index (χ1v) is 10.6. The molecule has 5 N–H and O–H groups in total. The molecule has 0 saturated heterocycles. The van der Waals surface area contributed by atoms with Crippen LogP contribution in [0.5, 0.6) is 5.75 Å². The highest BCUT2D eigenvalue weighted by atomic mass is 19.3. The maximum atomic E-state index is 14.4. The molecule has 0 spiro atoms. The summed E-state index contributed by atoms with van der Waals surface area (Å²) in [6, 6.07) is 8.40. The highest BCUT2D eigenvalue weighted by Gasteiger charge is 2.41. The number of nitrogens with one attached hydrogen (secondary N) is 1. The number of rotatable bonds is 7. The van der Waals surface area contributed by atoms with Gasteiger partial charge in [-0.25, -0.2) is 9.07 Å². The second-order valence-corrected chi connectivity index (χ2v) is 7.88. The number of carbonyl (C=O) groups is 2. The predicted octanol–water partition coefficient (Wildman–Crippen LogP) is 3.08. The molecule has 1 atom stereocenters. The van der Waals surface area contributed by atoms with E-state index in [0.29, 0.717) is 17.2 Å². The van der Waals surface area contributed by atoms with Crippen LogP contribution in [0.1, 0.15) is 32.3 Å². The van der Waals surface area contributed by atoms with Crippen molar-refractivity contribution in [3.63, 3.8) is 0 Å². The molecule has 1 unspecified atom stereocenters. The van der Waals surface area contributed by atoms with Crippen LogP contribution in [0.15, 0.2) is 59.7 Å². The summed E-state index contributed by atoms with van der Waals surface area (Å²) >= 11 is 0. The summed E-state index contributed by atoms with van der Waals surface area (Å²) in [5.74, 6) is -5.48. The lowest BCUT2D eigenvalue weighted by Crippen LogP contribution is -2.33. The number of carbonyl (C=O) groups excluding carboxylic acids is 2. The number of aliphatic imine (C=N–C) groups is 1. The van der Waals surface area contributed by atoms with Crippen LogP contribution in [0.2, 0.25) is 0 Å². The van der Waals surface area contributed by atoms with Crippen molar-refractivity contribution in [2.45, 2.75) is 18.5 Å². The third-order valence-corrected chi connectivity index (χ3v) is 5.55. The molecule has 9 nitrogen and oxygen atoms in total. The zero-order chi connectivity index (χ0) is 26.0. The first-order chi connectivity index (χ1) is 17.1. The lowest BCUT2D eigenvalue weighted by Gasteiger charge is -2.23. The molecule has 0 radical (unpaired) electrons. The third-order valence-electron chi connectivity index (χ3n) is 5.55. The van der Waals surface area contributed by atoms with E-state index in [1.807, 2.05) is 0 Å². The van der Waals surface area contributed by atoms with Crippen molar-refractivity contribution in [2.24, 2.45) is 10.7 Å². The van der Waals surface area contributed by atoms with Gasteiger partial charge in [0.15, 0.2) is 6.04 Å². The van der Waals surface area contributed by atoms with Crippen LogP contribution in [-0.4, -0.2) is 40.8 Å². The van der Waals surface area contributed by atoms with Gasteiger partial charge in [0.1, 0.15) is 28.6 Å². The van der Waals surface area contributed by atoms with Crippen LogP contribution in [0.3, 0.4) is 0 Å². The Hall–Kier alpha value is -4.61. The molecule has 0 fully saturated rings. The maximum Gasteiger partial charge on any atom is 0.295 e. The molecule has 1 aromatic heterocycles. The third kappa shape index (κ3) is 4.65. The molecule has 0 bridgehead atoms. The number of alkyl halides is 2. The van der Waals surface area contributed by atoms with Crippen molar-refractivity contribution in [1.29, 1.82) is 0 Å². The van der Waals surface area contributed by atoms with Gasteiger partial charge in [-0.1, -0.05) is 24.3 Å². The van der Waals surface area contributed by atoms with Crippen molar-refractivity contribution in [1.82, 2.24) is 15.1 Å². The lowest BCUT2D eigenvalue weighted by atomic mass is 10.0. The quantitative estimate of drug-likeness (QED) is 0.460. The first-order valence-electron chi connectivity index (χ1n) is 10.6. The van der Waals surface area contributed by atoms with Gasteiger partial charge in [-0.05, 0) is 23.8 Å². The molecule has 2 aromatic carbocycles. The molecule has 1 aliphatic rings. The fraction of sp³-hybridized carbons (Fsp3) is 0.167. The van der Waals surface area contributed by atoms with Gasteiger partial charge in [-0.3, -0.25) is 14.6 Å². The van der Waals surface area contributed by atoms with Crippen LogP contribution in [0.25, 0.3) is 11.3 Å². The molecule has 1 aliphatic heterocycles. The Morgan fingerprint density at radius 2 is 1.92 bits per heavy atom. The number of hydrogen-bond donors (Lipinski definition) is 3. The van der Waals surface area contributed by atoms with Crippen molar-refractivity contribution < 1.29 is 27.5 Å². The molecule has 12 heteroatoms. The van der Waals surface area contributed by atoms with Crippen LogP contribution in [0.4, 0.5) is 19.0 Å². The number of aromatic nitrogens is 2. The number of allylic oxidation sites excluding steroid dienone is 1. The molecule has 2 heterocycles. The minimum Gasteiger partial charge on any atom is -0.496 e. The smallest absolute Gasteiger partial charge is 0.295 e. The number of benzene rings is 2. The van der Waals surface area contributed by atoms with E-state index < -0.39 is 29.6 Å². The molecule has 0 aliphatic carbocycles. The highest BCUT2D eigenvalue weighted by molar-refractivity contribution is 6.03. The minimum absolute atomic E-state index is 0.0267. The summed E-state index contributed by atoms with van der Waals surface area (Å²) in [6.45, 7) is 0.0924. The monoisotopic (exact) mass is 498 g/mol. The van der Waals surface area contributed by atoms with Crippen molar-refractivity contribution in [3.8, 4) is 17.0 Å². The average Bonchev–Trinajstić information content (AvgIpc) is 3.19. The Morgan fingerprint density at radius 3 is 2.56 bits per heavy atom. The molecular formula is C24H21F3N6O3. The van der Waals surface area contributed by atoms with E-state index in [0.717, 1.165) is 23.2 Å². The number of nitrogens with two attached hydrogens (primary N) is 2. The van der Waals surface area contributed by atoms with Gasteiger partial charge in [-0.15, -0.1) is 0 Å². The average molecular weight is 498 g/mol. The van der Waals surface area contributed by atoms with Crippen molar-refractivity contribution in [2.75, 3.05) is 12.8 Å². The normalized spacial score (nSPS) is 16.1. The van der Waals surface area contributed by atoms with Gasteiger partial charge in [0.05, 0.1) is 12.7 Å². The van der Waals surface area contributed by atoms with Crippen molar-refractivity contribution >= 4 is 23.8 Å². The van der Waals surface area contributed by atoms with Gasteiger partial charge < -0.3 is 21.5 Å². The Bertz CT molecular complexity index is 1380. The van der Waals surface area contributed by atoms with Gasteiger partial charge >= 0.3 is 0 Å². The minimum atomic E-state index is -3.33. The van der Waals surface area contributed by atoms with Crippen LogP contribution < -0.4 is 21.5 Å². The predicted molar refractivity (Wildman–Crippen MR) is 126 cm³/mol. The number of anilines is 1. The van der Waals surface area contributed by atoms with E-state index >= 15 is 0 Å². The van der Waals surface area contributed by atoms with Crippen molar-refractivity contribution in [3.05, 3.63) is 77.2 Å². The first kappa shape index (κ1) is 24.5. The second-order valence-electron chi connectivity index (χ2n) is 7.88. The molecule has 3 aromatic rings. The fourth-order valence-electron chi connectivity index (χ4n) is 3.72. The zero-order valence-corrected chi connectivity index (χ0v) is 18.9. The summed E-state index contributed by atoms with van der Waals surface area (Å²) in [6.07, 6.45) is 2.57. The summed E-state index contributed by atoms with van der Waals surface area (Å²) in [5, 5.41) is 6.83. The summed E-state index contributed by atoms with van der Waals surface area (Å²) < 4.78 is 48.3. The number of methoxy groups -OCH3 is 1. The van der Waals surface area contributed by atoms with E-state index in [1.165, 1.54) is 19.2 Å². The van der Waals surface area contributed by atoms with Crippen LogP contribution in [0, 0.1) is 5.82 Å². The number of halogens is 3. The Balaban J connectivity index is 1.57. The van der Waals surface area contributed by atoms with E-state index in [1.54, 1.807) is 24.3 Å². The summed E-state index contributed by atoms with van der Waals surface area (Å²) in [4.78, 5) is 28.3. The highest BCUT2D eigenvalue weighted by Crippen LogP contribution is 2.36. The fourth-order valence-corrected chi connectivity index (χ4v) is 3.72. The Kier molecular flexibility index (Phi) is 6.51. The van der Waals surface area contributed by atoms with E-state index in [-0.39, 0.29) is 34.9 Å². The van der Waals surface area contributed by atoms with E-state index in [4.69, 9.17) is 16.2 Å². The van der Waals surface area contributed by atoms with Gasteiger partial charge in [-0.2, -0.15) is 13.9 Å². The molecule has 0 saturated carbocycles. The summed E-state index contributed by atoms with van der Waals surface area (Å²) in [7, 11) is 1.37. The van der Waals surface area contributed by atoms with E-state index in [9.17, 15) is 22.8 Å². The maximum absolute atomic E-state index is 14.4. The molecular weight excluding hydrogens is 477 g/mol. The van der Waals surface area contributed by atoms with Gasteiger partial charge in [0, 0.05) is 30.6 Å². The molecule has 186 valence electrons. The van der Waals surface area contributed by atoms with Gasteiger partial charge in [0.25, 0.3) is 17.7 Å². The Morgan fingerprint density at radius 1 is 1.19 bits per heavy atom. The van der Waals surface area contributed by atoms with Crippen LogP contribution >= 0.6 is 0 Å². The van der Waals surface area contributed by atoms with E-state index in [2.05, 4.69) is 15.4 Å². The zero-order valence-electron chi connectivity index (χ0n) is 18.9. The number of primary amides is 1. The lowest BCUT2D eigenvalue weighted by molar-refractivity contribution is 0.0203. The number of hydrogen-bond acceptors (Lipinski definition) is 6. The Labute approximate surface area is 203 Å². The topological polar surface area (TPSA) is 138 Å². The standard InChI is InChI=1S/C24H21F3N6O3/c1-36-17-7-6-15(25)10-16(17)23(35)31-11-13-2-4-14(5-3-13)20-19(22(29)34)21(28)33(32-20)18-12-30-9-8-24(18,26)27/h2-10,12,18H,11,28H2,1H3,(H2,29,34)(H,31,35). The summed E-state index contributed by atoms with van der Waals surface area (Å²) in [5.41, 5.74) is 12.4.